The molecule has 2 atom stereocenters. The van der Waals surface area contributed by atoms with Crippen LogP contribution in [0.5, 0.6) is 0 Å². The van der Waals surface area contributed by atoms with Gasteiger partial charge in [-0.2, -0.15) is 0 Å². The molecule has 1 aliphatic rings. The monoisotopic (exact) mass is 262 g/mol. The molecule has 1 rings (SSSR count). The second kappa shape index (κ2) is 7.55. The normalized spacial score (nSPS) is 23.4. The maximum atomic E-state index is 11.1. The van der Waals surface area contributed by atoms with Crippen LogP contribution in [0, 0.1) is 0 Å². The Morgan fingerprint density at radius 3 is 2.76 bits per heavy atom. The van der Waals surface area contributed by atoms with Crippen LogP contribution in [0.25, 0.3) is 0 Å². The van der Waals surface area contributed by atoms with Crippen molar-refractivity contribution in [2.75, 3.05) is 19.0 Å². The molecule has 17 heavy (non-hydrogen) atoms. The van der Waals surface area contributed by atoms with E-state index >= 15 is 0 Å². The van der Waals surface area contributed by atoms with Gasteiger partial charge in [0.25, 0.3) is 0 Å². The molecular weight excluding hydrogens is 244 g/mol. The highest BCUT2D eigenvalue weighted by molar-refractivity contribution is 8.00. The molecule has 1 saturated heterocycles. The molecule has 5 nitrogen and oxygen atoms in total. The molecule has 2 unspecified atom stereocenters. The fourth-order valence-corrected chi connectivity index (χ4v) is 2.33. The molecule has 0 amide bonds. The summed E-state index contributed by atoms with van der Waals surface area (Å²) in [5, 5.41) is 0. The fraction of sp³-hybridized carbons (Fsp3) is 0.818. The van der Waals surface area contributed by atoms with Crippen molar-refractivity contribution in [3.8, 4) is 0 Å². The SMILES string of the molecule is CCCC(=O)OCC1OC(COC(C)=O)CS1. The fourth-order valence-electron chi connectivity index (χ4n) is 1.33. The highest BCUT2D eigenvalue weighted by atomic mass is 32.2. The first-order valence-corrected chi connectivity index (χ1v) is 6.72. The second-order valence-corrected chi connectivity index (χ2v) is 4.95. The van der Waals surface area contributed by atoms with Crippen LogP contribution in [0.4, 0.5) is 0 Å². The third kappa shape index (κ3) is 5.93. The first-order valence-electron chi connectivity index (χ1n) is 5.68. The number of carbonyl (C=O) groups excluding carboxylic acids is 2. The van der Waals surface area contributed by atoms with Crippen molar-refractivity contribution in [1.29, 1.82) is 0 Å². The molecule has 0 spiro atoms. The van der Waals surface area contributed by atoms with Gasteiger partial charge in [-0.05, 0) is 6.42 Å². The molecular formula is C11H18O5S. The zero-order chi connectivity index (χ0) is 12.7. The molecule has 1 aliphatic heterocycles. The van der Waals surface area contributed by atoms with Crippen molar-refractivity contribution in [3.05, 3.63) is 0 Å². The number of carbonyl (C=O) groups is 2. The maximum absolute atomic E-state index is 11.1. The van der Waals surface area contributed by atoms with Crippen molar-refractivity contribution in [2.45, 2.75) is 38.2 Å². The number of ether oxygens (including phenoxy) is 3. The topological polar surface area (TPSA) is 61.8 Å². The largest absolute Gasteiger partial charge is 0.463 e. The Morgan fingerprint density at radius 2 is 2.12 bits per heavy atom. The van der Waals surface area contributed by atoms with Crippen molar-refractivity contribution < 1.29 is 23.8 Å². The van der Waals surface area contributed by atoms with Crippen LogP contribution in [-0.4, -0.2) is 42.4 Å². The van der Waals surface area contributed by atoms with E-state index in [1.165, 1.54) is 6.92 Å². The average Bonchev–Trinajstić information content (AvgIpc) is 2.72. The zero-order valence-electron chi connectivity index (χ0n) is 10.1. The molecule has 0 aromatic rings. The Labute approximate surface area is 105 Å². The summed E-state index contributed by atoms with van der Waals surface area (Å²) in [7, 11) is 0. The lowest BCUT2D eigenvalue weighted by atomic mass is 10.3. The van der Waals surface area contributed by atoms with Gasteiger partial charge in [-0.1, -0.05) is 6.92 Å². The van der Waals surface area contributed by atoms with Crippen LogP contribution in [0.1, 0.15) is 26.7 Å². The second-order valence-electron chi connectivity index (χ2n) is 3.76. The smallest absolute Gasteiger partial charge is 0.305 e. The van der Waals surface area contributed by atoms with E-state index in [-0.39, 0.29) is 36.7 Å². The van der Waals surface area contributed by atoms with Gasteiger partial charge in [-0.3, -0.25) is 9.59 Å². The Bertz CT molecular complexity index is 269. The lowest BCUT2D eigenvalue weighted by molar-refractivity contribution is -0.148. The molecule has 0 aromatic heterocycles. The van der Waals surface area contributed by atoms with Crippen LogP contribution in [0.3, 0.4) is 0 Å². The van der Waals surface area contributed by atoms with E-state index in [1.54, 1.807) is 11.8 Å². The number of hydrogen-bond acceptors (Lipinski definition) is 6. The third-order valence-electron chi connectivity index (χ3n) is 2.12. The summed E-state index contributed by atoms with van der Waals surface area (Å²) in [4.78, 5) is 21.8. The van der Waals surface area contributed by atoms with Gasteiger partial charge < -0.3 is 14.2 Å². The minimum absolute atomic E-state index is 0.0984. The summed E-state index contributed by atoms with van der Waals surface area (Å²) < 4.78 is 15.4. The Kier molecular flexibility index (Phi) is 6.36. The first-order chi connectivity index (χ1) is 8.11. The average molecular weight is 262 g/mol. The van der Waals surface area contributed by atoms with Crippen LogP contribution in [0.15, 0.2) is 0 Å². The molecule has 0 bridgehead atoms. The Morgan fingerprint density at radius 1 is 1.35 bits per heavy atom. The zero-order valence-corrected chi connectivity index (χ0v) is 11.0. The summed E-state index contributed by atoms with van der Waals surface area (Å²) in [6.07, 6.45) is 1.12. The predicted molar refractivity (Wildman–Crippen MR) is 63.6 cm³/mol. The van der Waals surface area contributed by atoms with E-state index in [9.17, 15) is 9.59 Å². The number of rotatable bonds is 6. The summed E-state index contributed by atoms with van der Waals surface area (Å²) in [5.74, 6) is 0.250. The lowest BCUT2D eigenvalue weighted by Crippen LogP contribution is -2.23. The van der Waals surface area contributed by atoms with Crippen LogP contribution >= 0.6 is 11.8 Å². The van der Waals surface area contributed by atoms with E-state index in [1.807, 2.05) is 6.92 Å². The first kappa shape index (κ1) is 14.3. The van der Waals surface area contributed by atoms with Gasteiger partial charge in [0.05, 0.1) is 0 Å². The molecule has 0 aliphatic carbocycles. The number of thioether (sulfide) groups is 1. The highest BCUT2D eigenvalue weighted by Gasteiger charge is 2.27. The lowest BCUT2D eigenvalue weighted by Gasteiger charge is -2.12. The van der Waals surface area contributed by atoms with Crippen LogP contribution < -0.4 is 0 Å². The minimum atomic E-state index is -0.309. The quantitative estimate of drug-likeness (QED) is 0.673. The standard InChI is InChI=1S/C11H18O5S/c1-3-4-10(13)15-6-11-16-9(7-17-11)5-14-8(2)12/h9,11H,3-7H2,1-2H3. The maximum Gasteiger partial charge on any atom is 0.305 e. The van der Waals surface area contributed by atoms with Crippen molar-refractivity contribution in [2.24, 2.45) is 0 Å². The van der Waals surface area contributed by atoms with Gasteiger partial charge in [0.15, 0.2) is 0 Å². The highest BCUT2D eigenvalue weighted by Crippen LogP contribution is 2.25. The van der Waals surface area contributed by atoms with E-state index in [0.29, 0.717) is 6.42 Å². The molecule has 0 aromatic carbocycles. The summed E-state index contributed by atoms with van der Waals surface area (Å²) >= 11 is 1.57. The van der Waals surface area contributed by atoms with Gasteiger partial charge in [0.1, 0.15) is 24.8 Å². The van der Waals surface area contributed by atoms with Gasteiger partial charge >= 0.3 is 11.9 Å². The third-order valence-corrected chi connectivity index (χ3v) is 3.30. The van der Waals surface area contributed by atoms with Crippen LogP contribution in [-0.2, 0) is 23.8 Å². The minimum Gasteiger partial charge on any atom is -0.463 e. The van der Waals surface area contributed by atoms with Gasteiger partial charge in [0.2, 0.25) is 0 Å². The molecule has 6 heteroatoms. The van der Waals surface area contributed by atoms with E-state index in [4.69, 9.17) is 14.2 Å². The summed E-state index contributed by atoms with van der Waals surface area (Å²) in [6.45, 7) is 3.82. The summed E-state index contributed by atoms with van der Waals surface area (Å²) in [6, 6.07) is 0. The van der Waals surface area contributed by atoms with Gasteiger partial charge in [0, 0.05) is 19.1 Å². The van der Waals surface area contributed by atoms with Gasteiger partial charge in [-0.15, -0.1) is 11.8 Å². The number of esters is 2. The van der Waals surface area contributed by atoms with E-state index in [2.05, 4.69) is 0 Å². The number of hydrogen-bond donors (Lipinski definition) is 0. The Hall–Kier alpha value is -0.750. The van der Waals surface area contributed by atoms with Crippen LogP contribution in [0.2, 0.25) is 0 Å². The van der Waals surface area contributed by atoms with Crippen molar-refractivity contribution >= 4 is 23.7 Å². The molecule has 1 fully saturated rings. The Balaban J connectivity index is 2.13. The predicted octanol–water partition coefficient (Wildman–Crippen LogP) is 1.35. The molecule has 98 valence electrons. The van der Waals surface area contributed by atoms with Crippen molar-refractivity contribution in [1.82, 2.24) is 0 Å². The van der Waals surface area contributed by atoms with E-state index < -0.39 is 0 Å². The van der Waals surface area contributed by atoms with Gasteiger partial charge in [-0.25, -0.2) is 0 Å². The molecule has 1 heterocycles. The van der Waals surface area contributed by atoms with Crippen molar-refractivity contribution in [3.63, 3.8) is 0 Å². The molecule has 0 saturated carbocycles. The molecule has 0 N–H and O–H groups in total. The summed E-state index contributed by atoms with van der Waals surface area (Å²) in [5.41, 5.74) is -0.142. The molecule has 0 radical (unpaired) electrons. The van der Waals surface area contributed by atoms with E-state index in [0.717, 1.165) is 12.2 Å².